The fourth-order valence-corrected chi connectivity index (χ4v) is 2.69. The van der Waals surface area contributed by atoms with Gasteiger partial charge in [0.2, 0.25) is 0 Å². The monoisotopic (exact) mass is 281 g/mol. The molecule has 0 saturated carbocycles. The minimum Gasteiger partial charge on any atom is -0.241 e. The average Bonchev–Trinajstić information content (AvgIpc) is 2.67. The molecule has 1 aromatic heterocycles. The minimum absolute atomic E-state index is 0.976. The Bertz CT molecular complexity index is 450. The molecule has 0 N–H and O–H groups in total. The van der Waals surface area contributed by atoms with Crippen LogP contribution in [0.2, 0.25) is 0 Å². The number of aromatic nitrogens is 1. The van der Waals surface area contributed by atoms with Gasteiger partial charge in [-0.1, -0.05) is 39.7 Å². The minimum atomic E-state index is 0.976. The van der Waals surface area contributed by atoms with Crippen molar-refractivity contribution in [2.75, 3.05) is 5.33 Å². The first-order valence-corrected chi connectivity index (χ1v) is 6.87. The summed E-state index contributed by atoms with van der Waals surface area (Å²) in [6.07, 6.45) is 1.00. The van der Waals surface area contributed by atoms with E-state index in [1.807, 2.05) is 0 Å². The van der Waals surface area contributed by atoms with Gasteiger partial charge >= 0.3 is 0 Å². The Morgan fingerprint density at radius 1 is 1.40 bits per heavy atom. The zero-order valence-electron chi connectivity index (χ0n) is 8.53. The molecule has 2 aromatic rings. The lowest BCUT2D eigenvalue weighted by atomic mass is 10.1. The Morgan fingerprint density at radius 3 is 3.00 bits per heavy atom. The molecule has 0 saturated heterocycles. The normalized spacial score (nSPS) is 10.5. The summed E-state index contributed by atoms with van der Waals surface area (Å²) >= 11 is 5.15. The second-order valence-electron chi connectivity index (χ2n) is 3.45. The van der Waals surface area contributed by atoms with Crippen molar-refractivity contribution in [1.29, 1.82) is 0 Å². The van der Waals surface area contributed by atoms with Crippen molar-refractivity contribution in [1.82, 2.24) is 4.98 Å². The number of halogens is 1. The highest BCUT2D eigenvalue weighted by atomic mass is 79.9. The van der Waals surface area contributed by atoms with E-state index in [4.69, 9.17) is 0 Å². The molecule has 1 aromatic carbocycles. The first-order valence-electron chi connectivity index (χ1n) is 4.87. The zero-order chi connectivity index (χ0) is 10.7. The number of hydrogen-bond donors (Lipinski definition) is 0. The fourth-order valence-electron chi connectivity index (χ4n) is 1.43. The van der Waals surface area contributed by atoms with Gasteiger partial charge in [-0.2, -0.15) is 0 Å². The van der Waals surface area contributed by atoms with Crippen LogP contribution in [0.3, 0.4) is 0 Å². The van der Waals surface area contributed by atoms with E-state index in [0.29, 0.717) is 0 Å². The lowest BCUT2D eigenvalue weighted by Crippen LogP contribution is -1.85. The Hall–Kier alpha value is -0.670. The van der Waals surface area contributed by atoms with Gasteiger partial charge in [-0.05, 0) is 13.0 Å². The molecule has 0 amide bonds. The van der Waals surface area contributed by atoms with Crippen LogP contribution in [0.15, 0.2) is 29.6 Å². The molecular formula is C12H12BrNS. The summed E-state index contributed by atoms with van der Waals surface area (Å²) in [6.45, 7) is 2.11. The van der Waals surface area contributed by atoms with E-state index >= 15 is 0 Å². The molecule has 0 bridgehead atoms. The van der Waals surface area contributed by atoms with Crippen LogP contribution < -0.4 is 0 Å². The summed E-state index contributed by atoms with van der Waals surface area (Å²) in [4.78, 5) is 4.60. The molecular weight excluding hydrogens is 270 g/mol. The van der Waals surface area contributed by atoms with Gasteiger partial charge in [-0.15, -0.1) is 11.3 Å². The summed E-state index contributed by atoms with van der Waals surface area (Å²) in [5.41, 5.74) is 3.68. The Kier molecular flexibility index (Phi) is 3.54. The predicted octanol–water partition coefficient (Wildman–Crippen LogP) is 4.06. The summed E-state index contributed by atoms with van der Waals surface area (Å²) in [5.74, 6) is 0. The fraction of sp³-hybridized carbons (Fsp3) is 0.250. The van der Waals surface area contributed by atoms with Crippen LogP contribution in [0.25, 0.3) is 10.6 Å². The van der Waals surface area contributed by atoms with Crippen LogP contribution in [-0.4, -0.2) is 10.3 Å². The Labute approximate surface area is 102 Å². The topological polar surface area (TPSA) is 12.9 Å². The first-order chi connectivity index (χ1) is 7.29. The van der Waals surface area contributed by atoms with Gasteiger partial charge in [0.15, 0.2) is 0 Å². The molecule has 1 heterocycles. The molecule has 0 aliphatic heterocycles. The maximum Gasteiger partial charge on any atom is 0.123 e. The first kappa shape index (κ1) is 10.8. The number of alkyl halides is 1. The third-order valence-electron chi connectivity index (χ3n) is 2.17. The molecule has 0 aliphatic carbocycles. The van der Waals surface area contributed by atoms with E-state index in [1.54, 1.807) is 11.3 Å². The zero-order valence-corrected chi connectivity index (χ0v) is 10.9. The Morgan fingerprint density at radius 2 is 2.27 bits per heavy atom. The van der Waals surface area contributed by atoms with Gasteiger partial charge in [0.1, 0.15) is 5.01 Å². The van der Waals surface area contributed by atoms with Crippen molar-refractivity contribution in [3.63, 3.8) is 0 Å². The SMILES string of the molecule is Cc1cccc(-c2nc(CCBr)cs2)c1. The van der Waals surface area contributed by atoms with Crippen molar-refractivity contribution in [2.45, 2.75) is 13.3 Å². The maximum absolute atomic E-state index is 4.60. The molecule has 78 valence electrons. The van der Waals surface area contributed by atoms with Gasteiger partial charge < -0.3 is 0 Å². The molecule has 0 aliphatic rings. The van der Waals surface area contributed by atoms with Crippen molar-refractivity contribution in [3.8, 4) is 10.6 Å². The van der Waals surface area contributed by atoms with Crippen molar-refractivity contribution in [2.24, 2.45) is 0 Å². The number of benzene rings is 1. The van der Waals surface area contributed by atoms with E-state index in [-0.39, 0.29) is 0 Å². The van der Waals surface area contributed by atoms with Crippen LogP contribution >= 0.6 is 27.3 Å². The second kappa shape index (κ2) is 4.90. The summed E-state index contributed by atoms with van der Waals surface area (Å²) in [5, 5.41) is 4.23. The molecule has 0 atom stereocenters. The molecule has 0 spiro atoms. The van der Waals surface area contributed by atoms with Crippen LogP contribution in [0.1, 0.15) is 11.3 Å². The van der Waals surface area contributed by atoms with E-state index in [2.05, 4.69) is 57.5 Å². The standard InChI is InChI=1S/C12H12BrNS/c1-9-3-2-4-10(7-9)12-14-11(5-6-13)8-15-12/h2-4,7-8H,5-6H2,1H3. The quantitative estimate of drug-likeness (QED) is 0.774. The van der Waals surface area contributed by atoms with Gasteiger partial charge in [0, 0.05) is 22.7 Å². The highest BCUT2D eigenvalue weighted by Crippen LogP contribution is 2.24. The summed E-state index contributed by atoms with van der Waals surface area (Å²) in [6, 6.07) is 8.48. The van der Waals surface area contributed by atoms with Crippen LogP contribution in [0.5, 0.6) is 0 Å². The van der Waals surface area contributed by atoms with Crippen molar-refractivity contribution in [3.05, 3.63) is 40.9 Å². The lowest BCUT2D eigenvalue weighted by Gasteiger charge is -1.97. The molecule has 1 nitrogen and oxygen atoms in total. The third-order valence-corrected chi connectivity index (χ3v) is 3.50. The van der Waals surface area contributed by atoms with Gasteiger partial charge in [-0.25, -0.2) is 4.98 Å². The van der Waals surface area contributed by atoms with Crippen LogP contribution in [-0.2, 0) is 6.42 Å². The third kappa shape index (κ3) is 2.67. The van der Waals surface area contributed by atoms with Crippen LogP contribution in [0, 0.1) is 6.92 Å². The maximum atomic E-state index is 4.60. The lowest BCUT2D eigenvalue weighted by molar-refractivity contribution is 1.09. The molecule has 0 fully saturated rings. The van der Waals surface area contributed by atoms with Gasteiger partial charge in [-0.3, -0.25) is 0 Å². The number of aryl methyl sites for hydroxylation is 2. The number of nitrogens with zero attached hydrogens (tertiary/aromatic N) is 1. The number of rotatable bonds is 3. The highest BCUT2D eigenvalue weighted by Gasteiger charge is 2.03. The van der Waals surface area contributed by atoms with Crippen molar-refractivity contribution < 1.29 is 0 Å². The van der Waals surface area contributed by atoms with E-state index in [1.165, 1.54) is 16.8 Å². The van der Waals surface area contributed by atoms with Crippen LogP contribution in [0.4, 0.5) is 0 Å². The predicted molar refractivity (Wildman–Crippen MR) is 69.8 cm³/mol. The highest BCUT2D eigenvalue weighted by molar-refractivity contribution is 9.09. The number of thiazole rings is 1. The summed E-state index contributed by atoms with van der Waals surface area (Å²) in [7, 11) is 0. The molecule has 0 radical (unpaired) electrons. The molecule has 15 heavy (non-hydrogen) atoms. The van der Waals surface area contributed by atoms with Crippen molar-refractivity contribution >= 4 is 27.3 Å². The Balaban J connectivity index is 2.29. The molecule has 0 unspecified atom stereocenters. The molecule has 2 rings (SSSR count). The van der Waals surface area contributed by atoms with E-state index in [9.17, 15) is 0 Å². The molecule has 3 heteroatoms. The van der Waals surface area contributed by atoms with E-state index in [0.717, 1.165) is 16.8 Å². The summed E-state index contributed by atoms with van der Waals surface area (Å²) < 4.78 is 0. The average molecular weight is 282 g/mol. The number of hydrogen-bond acceptors (Lipinski definition) is 2. The largest absolute Gasteiger partial charge is 0.241 e. The van der Waals surface area contributed by atoms with Gasteiger partial charge in [0.05, 0.1) is 5.69 Å². The van der Waals surface area contributed by atoms with Gasteiger partial charge in [0.25, 0.3) is 0 Å². The second-order valence-corrected chi connectivity index (χ2v) is 5.10. The van der Waals surface area contributed by atoms with E-state index < -0.39 is 0 Å². The smallest absolute Gasteiger partial charge is 0.123 e.